The summed E-state index contributed by atoms with van der Waals surface area (Å²) in [5.41, 5.74) is 11.5. The van der Waals surface area contributed by atoms with Crippen LogP contribution in [-0.4, -0.2) is 16.1 Å². The molecule has 0 radical (unpaired) electrons. The van der Waals surface area contributed by atoms with Crippen molar-refractivity contribution in [2.75, 3.05) is 5.73 Å². The van der Waals surface area contributed by atoms with Gasteiger partial charge in [0.2, 0.25) is 0 Å². The Labute approximate surface area is 165 Å². The second-order valence-electron chi connectivity index (χ2n) is 7.57. The predicted molar refractivity (Wildman–Crippen MR) is 116 cm³/mol. The summed E-state index contributed by atoms with van der Waals surface area (Å²) in [6.45, 7) is 6.13. The first-order valence-electron chi connectivity index (χ1n) is 9.69. The molecule has 0 amide bonds. The molecule has 4 aromatic rings. The number of aromatic nitrogens is 2. The number of ether oxygens (including phenoxy) is 1. The van der Waals surface area contributed by atoms with E-state index in [-0.39, 0.29) is 6.10 Å². The fraction of sp³-hybridized carbons (Fsp3) is 0.250. The summed E-state index contributed by atoms with van der Waals surface area (Å²) in [4.78, 5) is 9.12. The van der Waals surface area contributed by atoms with Crippen LogP contribution in [0.3, 0.4) is 0 Å². The van der Waals surface area contributed by atoms with Gasteiger partial charge in [-0.2, -0.15) is 0 Å². The molecule has 0 saturated heterocycles. The number of pyridine rings is 2. The van der Waals surface area contributed by atoms with E-state index in [4.69, 9.17) is 10.5 Å². The number of aryl methyl sites for hydroxylation is 3. The Kier molecular flexibility index (Phi) is 4.86. The molecule has 0 aliphatic rings. The van der Waals surface area contributed by atoms with Gasteiger partial charge in [-0.25, -0.2) is 4.98 Å². The van der Waals surface area contributed by atoms with Gasteiger partial charge >= 0.3 is 0 Å². The monoisotopic (exact) mass is 371 g/mol. The summed E-state index contributed by atoms with van der Waals surface area (Å²) in [6, 6.07) is 16.8. The molecule has 2 aromatic carbocycles. The van der Waals surface area contributed by atoms with Crippen molar-refractivity contribution in [1.29, 1.82) is 0 Å². The lowest BCUT2D eigenvalue weighted by Crippen LogP contribution is -2.05. The molecule has 0 atom stereocenters. The Bertz CT molecular complexity index is 1130. The van der Waals surface area contributed by atoms with E-state index in [1.807, 2.05) is 32.2 Å². The fourth-order valence-electron chi connectivity index (χ4n) is 3.49. The Morgan fingerprint density at radius 3 is 2.43 bits per heavy atom. The summed E-state index contributed by atoms with van der Waals surface area (Å²) in [7, 11) is 0. The quantitative estimate of drug-likeness (QED) is 0.487. The van der Waals surface area contributed by atoms with Crippen molar-refractivity contribution in [2.24, 2.45) is 0 Å². The van der Waals surface area contributed by atoms with E-state index in [1.165, 1.54) is 16.7 Å². The Balaban J connectivity index is 1.60. The van der Waals surface area contributed by atoms with E-state index < -0.39 is 0 Å². The largest absolute Gasteiger partial charge is 0.491 e. The zero-order valence-corrected chi connectivity index (χ0v) is 16.6. The van der Waals surface area contributed by atoms with Crippen LogP contribution in [0.5, 0.6) is 5.75 Å². The number of nitrogens with two attached hydrogens (primary N) is 1. The van der Waals surface area contributed by atoms with Gasteiger partial charge in [-0.05, 0) is 74.6 Å². The first-order chi connectivity index (χ1) is 13.5. The number of hydrogen-bond donors (Lipinski definition) is 1. The van der Waals surface area contributed by atoms with Gasteiger partial charge in [-0.15, -0.1) is 0 Å². The highest BCUT2D eigenvalue weighted by molar-refractivity contribution is 6.08. The normalized spacial score (nSPS) is 11.4. The maximum atomic E-state index is 6.15. The van der Waals surface area contributed by atoms with Crippen molar-refractivity contribution < 1.29 is 4.74 Å². The first-order valence-corrected chi connectivity index (χ1v) is 9.69. The summed E-state index contributed by atoms with van der Waals surface area (Å²) < 4.78 is 5.71. The molecule has 0 aliphatic carbocycles. The van der Waals surface area contributed by atoms with Crippen LogP contribution in [0.15, 0.2) is 54.7 Å². The van der Waals surface area contributed by atoms with Crippen LogP contribution >= 0.6 is 0 Å². The third-order valence-corrected chi connectivity index (χ3v) is 4.87. The Hall–Kier alpha value is -3.14. The number of nitrogens with zero attached hydrogens (tertiary/aromatic N) is 2. The van der Waals surface area contributed by atoms with Crippen molar-refractivity contribution in [3.05, 3.63) is 71.4 Å². The highest BCUT2D eigenvalue weighted by atomic mass is 16.5. The van der Waals surface area contributed by atoms with Gasteiger partial charge in [0.25, 0.3) is 0 Å². The summed E-state index contributed by atoms with van der Waals surface area (Å²) in [6.07, 6.45) is 3.97. The molecule has 4 rings (SSSR count). The predicted octanol–water partition coefficient (Wildman–Crippen LogP) is 5.25. The van der Waals surface area contributed by atoms with Crippen molar-refractivity contribution in [3.8, 4) is 5.75 Å². The Morgan fingerprint density at radius 2 is 1.68 bits per heavy atom. The molecule has 4 nitrogen and oxygen atoms in total. The van der Waals surface area contributed by atoms with E-state index in [0.29, 0.717) is 5.82 Å². The summed E-state index contributed by atoms with van der Waals surface area (Å²) >= 11 is 0. The second kappa shape index (κ2) is 7.47. The van der Waals surface area contributed by atoms with E-state index in [2.05, 4.69) is 53.3 Å². The number of fused-ring (bicyclic) bond motifs is 3. The van der Waals surface area contributed by atoms with Crippen molar-refractivity contribution in [2.45, 2.75) is 39.7 Å². The summed E-state index contributed by atoms with van der Waals surface area (Å²) in [5.74, 6) is 1.40. The second-order valence-corrected chi connectivity index (χ2v) is 7.57. The van der Waals surface area contributed by atoms with E-state index in [1.54, 1.807) is 0 Å². The van der Waals surface area contributed by atoms with Gasteiger partial charge in [0.05, 0.1) is 11.6 Å². The van der Waals surface area contributed by atoms with Crippen LogP contribution in [0.4, 0.5) is 5.82 Å². The van der Waals surface area contributed by atoms with Crippen LogP contribution in [0.25, 0.3) is 21.8 Å². The van der Waals surface area contributed by atoms with Crippen molar-refractivity contribution >= 4 is 27.6 Å². The third kappa shape index (κ3) is 3.77. The highest BCUT2D eigenvalue weighted by Gasteiger charge is 2.09. The molecule has 0 unspecified atom stereocenters. The molecule has 0 bridgehead atoms. The maximum Gasteiger partial charge on any atom is 0.150 e. The van der Waals surface area contributed by atoms with E-state index in [0.717, 1.165) is 40.4 Å². The van der Waals surface area contributed by atoms with Gasteiger partial charge in [0.15, 0.2) is 5.82 Å². The van der Waals surface area contributed by atoms with Gasteiger partial charge in [0.1, 0.15) is 11.3 Å². The Morgan fingerprint density at radius 1 is 0.929 bits per heavy atom. The molecule has 0 aliphatic heterocycles. The van der Waals surface area contributed by atoms with Gasteiger partial charge < -0.3 is 10.5 Å². The van der Waals surface area contributed by atoms with E-state index in [9.17, 15) is 0 Å². The molecule has 0 fully saturated rings. The topological polar surface area (TPSA) is 61.0 Å². The highest BCUT2D eigenvalue weighted by Crippen LogP contribution is 2.28. The number of anilines is 1. The standard InChI is InChI=1S/C24H25N3O/c1-15(2)28-19-9-7-17(8-10-19)5-6-18-13-21-20-11-4-16(3)12-22(20)27-24(25)23(21)26-14-18/h4,7-15H,5-6H2,1-3H3,(H2,25,27). The number of hydrogen-bond acceptors (Lipinski definition) is 4. The molecule has 2 heterocycles. The fourth-order valence-corrected chi connectivity index (χ4v) is 3.49. The molecule has 28 heavy (non-hydrogen) atoms. The lowest BCUT2D eigenvalue weighted by Gasteiger charge is -2.11. The summed E-state index contributed by atoms with van der Waals surface area (Å²) in [5, 5.41) is 2.17. The number of benzene rings is 2. The molecular formula is C24H25N3O. The minimum Gasteiger partial charge on any atom is -0.491 e. The maximum absolute atomic E-state index is 6.15. The first kappa shape index (κ1) is 18.2. The van der Waals surface area contributed by atoms with E-state index >= 15 is 0 Å². The average Bonchev–Trinajstić information content (AvgIpc) is 2.67. The number of rotatable bonds is 5. The molecule has 142 valence electrons. The zero-order chi connectivity index (χ0) is 19.7. The van der Waals surface area contributed by atoms with Gasteiger partial charge in [-0.3, -0.25) is 4.98 Å². The molecule has 2 aromatic heterocycles. The van der Waals surface area contributed by atoms with Crippen molar-refractivity contribution in [1.82, 2.24) is 9.97 Å². The van der Waals surface area contributed by atoms with Crippen LogP contribution in [0.2, 0.25) is 0 Å². The van der Waals surface area contributed by atoms with Gasteiger partial charge in [0, 0.05) is 17.0 Å². The van der Waals surface area contributed by atoms with Crippen LogP contribution < -0.4 is 10.5 Å². The lowest BCUT2D eigenvalue weighted by molar-refractivity contribution is 0.242. The lowest BCUT2D eigenvalue weighted by atomic mass is 10.0. The van der Waals surface area contributed by atoms with Crippen molar-refractivity contribution in [3.63, 3.8) is 0 Å². The third-order valence-electron chi connectivity index (χ3n) is 4.87. The van der Waals surface area contributed by atoms with Crippen LogP contribution in [0.1, 0.15) is 30.5 Å². The molecule has 0 saturated carbocycles. The smallest absolute Gasteiger partial charge is 0.150 e. The minimum absolute atomic E-state index is 0.190. The zero-order valence-electron chi connectivity index (χ0n) is 16.6. The minimum atomic E-state index is 0.190. The SMILES string of the molecule is Cc1ccc2c(c1)nc(N)c1ncc(CCc3ccc(OC(C)C)cc3)cc12. The van der Waals surface area contributed by atoms with Crippen LogP contribution in [-0.2, 0) is 12.8 Å². The molecular weight excluding hydrogens is 346 g/mol. The average molecular weight is 371 g/mol. The molecule has 0 spiro atoms. The number of nitrogen functional groups attached to an aromatic ring is 1. The molecule has 4 heteroatoms. The molecule has 2 N–H and O–H groups in total. The van der Waals surface area contributed by atoms with Gasteiger partial charge in [-0.1, -0.05) is 24.3 Å². The van der Waals surface area contributed by atoms with Crippen LogP contribution in [0, 0.1) is 6.92 Å².